The molecule has 0 amide bonds. The van der Waals surface area contributed by atoms with Crippen LogP contribution in [0.15, 0.2) is 0 Å². The summed E-state index contributed by atoms with van der Waals surface area (Å²) >= 11 is 0. The van der Waals surface area contributed by atoms with Crippen molar-refractivity contribution in [3.8, 4) is 0 Å². The summed E-state index contributed by atoms with van der Waals surface area (Å²) in [5.41, 5.74) is 8.58. The van der Waals surface area contributed by atoms with E-state index >= 15 is 0 Å². The average molecular weight is 407 g/mol. The lowest BCUT2D eigenvalue weighted by Gasteiger charge is -2.33. The SMILES string of the molecule is C[SiH](C)C[Si](C)(C)C[SiH](C)C[Si](C)(C)C[SiH](C)C[Si](C)(C)C. The Kier molecular flexibility index (Phi) is 9.66. The summed E-state index contributed by atoms with van der Waals surface area (Å²) in [6, 6.07) is 0. The van der Waals surface area contributed by atoms with Gasteiger partial charge in [0, 0.05) is 50.6 Å². The molecule has 22 heavy (non-hydrogen) atoms. The second-order valence-electron chi connectivity index (χ2n) is 11.5. The molecule has 0 aliphatic carbocycles. The molecule has 0 aromatic carbocycles. The van der Waals surface area contributed by atoms with Gasteiger partial charge in [-0.1, -0.05) is 100 Å². The van der Waals surface area contributed by atoms with Crippen molar-refractivity contribution < 1.29 is 0 Å². The zero-order valence-electron chi connectivity index (χ0n) is 17.8. The Morgan fingerprint density at radius 1 is 0.500 bits per heavy atom. The Labute approximate surface area is 150 Å². The molecule has 0 saturated heterocycles. The first-order valence-corrected chi connectivity index (χ1v) is 28.9. The summed E-state index contributed by atoms with van der Waals surface area (Å²) in [5, 5.41) is 0. The van der Waals surface area contributed by atoms with Crippen LogP contribution < -0.4 is 0 Å². The molecular weight excluding hydrogens is 361 g/mol. The maximum absolute atomic E-state index is 2.73. The zero-order valence-corrected chi connectivity index (χ0v) is 24.2. The summed E-state index contributed by atoms with van der Waals surface area (Å²) in [4.78, 5) is 0. The molecular formula is C16H46Si6. The molecule has 0 aromatic heterocycles. The highest BCUT2D eigenvalue weighted by atomic mass is 28.4. The van der Waals surface area contributed by atoms with Gasteiger partial charge in [0.05, 0.1) is 0 Å². The van der Waals surface area contributed by atoms with Crippen LogP contribution in [0.1, 0.15) is 0 Å². The maximum atomic E-state index is 2.73. The fourth-order valence-electron chi connectivity index (χ4n) is 5.29. The van der Waals surface area contributed by atoms with Crippen molar-refractivity contribution in [2.75, 3.05) is 0 Å². The predicted octanol–water partition coefficient (Wildman–Crippen LogP) is 5.64. The molecule has 2 atom stereocenters. The first-order chi connectivity index (χ1) is 9.62. The predicted molar refractivity (Wildman–Crippen MR) is 127 cm³/mol. The second-order valence-corrected chi connectivity index (χ2v) is 40.7. The molecule has 0 bridgehead atoms. The van der Waals surface area contributed by atoms with Crippen LogP contribution in [0, 0.1) is 0 Å². The minimum atomic E-state index is -0.890. The van der Waals surface area contributed by atoms with Gasteiger partial charge in [-0.05, 0) is 0 Å². The fourth-order valence-corrected chi connectivity index (χ4v) is 53.2. The van der Waals surface area contributed by atoms with Gasteiger partial charge in [0.1, 0.15) is 0 Å². The van der Waals surface area contributed by atoms with E-state index in [1.54, 1.807) is 28.3 Å². The first kappa shape index (κ1) is 23.3. The zero-order chi connectivity index (χ0) is 17.8. The van der Waals surface area contributed by atoms with Gasteiger partial charge in [-0.2, -0.15) is 0 Å². The molecule has 134 valence electrons. The quantitative estimate of drug-likeness (QED) is 0.412. The molecule has 0 N–H and O–H groups in total. The molecule has 0 saturated carbocycles. The summed E-state index contributed by atoms with van der Waals surface area (Å²) in [5.74, 6) is 0. The largest absolute Gasteiger partial charge is 0.0724 e. The van der Waals surface area contributed by atoms with Gasteiger partial charge in [0.15, 0.2) is 0 Å². The van der Waals surface area contributed by atoms with Crippen LogP contribution in [0.3, 0.4) is 0 Å². The number of rotatable bonds is 10. The summed E-state index contributed by atoms with van der Waals surface area (Å²) < 4.78 is 0. The molecule has 2 unspecified atom stereocenters. The van der Waals surface area contributed by atoms with Crippen LogP contribution in [0.2, 0.25) is 100 Å². The standard InChI is InChI=1S/C16H46Si6/c1-17(2)12-21(8,9)15-19(4)16-22(10,11)14-18(3)13-20(5,6)7/h17-19H,12-16H2,1-11H3. The van der Waals surface area contributed by atoms with E-state index in [2.05, 4.69) is 72.0 Å². The van der Waals surface area contributed by atoms with Crippen LogP contribution in [0.25, 0.3) is 0 Å². The van der Waals surface area contributed by atoms with Crippen LogP contribution in [-0.4, -0.2) is 50.6 Å². The van der Waals surface area contributed by atoms with Crippen molar-refractivity contribution in [2.24, 2.45) is 0 Å². The van der Waals surface area contributed by atoms with E-state index < -0.39 is 41.8 Å². The lowest BCUT2D eigenvalue weighted by Crippen LogP contribution is -2.42. The molecule has 0 rings (SSSR count). The van der Waals surface area contributed by atoms with E-state index in [0.29, 0.717) is 0 Å². The van der Waals surface area contributed by atoms with E-state index in [9.17, 15) is 0 Å². The number of hydrogen-bond acceptors (Lipinski definition) is 0. The van der Waals surface area contributed by atoms with Crippen molar-refractivity contribution in [3.05, 3.63) is 0 Å². The first-order valence-electron chi connectivity index (χ1n) is 9.62. The van der Waals surface area contributed by atoms with Gasteiger partial charge >= 0.3 is 0 Å². The minimum absolute atomic E-state index is 0.349. The summed E-state index contributed by atoms with van der Waals surface area (Å²) in [6.45, 7) is 29.1. The Balaban J connectivity index is 4.45. The highest BCUT2D eigenvalue weighted by molar-refractivity contribution is 7.01. The average Bonchev–Trinajstić information content (AvgIpc) is 2.05. The molecule has 0 heterocycles. The molecule has 0 nitrogen and oxygen atoms in total. The van der Waals surface area contributed by atoms with Crippen molar-refractivity contribution in [1.82, 2.24) is 0 Å². The third kappa shape index (κ3) is 12.7. The summed E-state index contributed by atoms with van der Waals surface area (Å²) in [7, 11) is -3.76. The van der Waals surface area contributed by atoms with E-state index in [1.165, 1.54) is 0 Å². The van der Waals surface area contributed by atoms with Crippen molar-refractivity contribution in [3.63, 3.8) is 0 Å². The van der Waals surface area contributed by atoms with E-state index in [1.807, 2.05) is 0 Å². The van der Waals surface area contributed by atoms with Gasteiger partial charge in [0.25, 0.3) is 0 Å². The Morgan fingerprint density at radius 2 is 0.818 bits per heavy atom. The van der Waals surface area contributed by atoms with E-state index in [0.717, 1.165) is 0 Å². The molecule has 0 fully saturated rings. The molecule has 6 heteroatoms. The Hall–Kier alpha value is 1.30. The third-order valence-corrected chi connectivity index (χ3v) is 41.6. The molecule has 0 aliphatic heterocycles. The van der Waals surface area contributed by atoms with Crippen LogP contribution >= 0.6 is 0 Å². The van der Waals surface area contributed by atoms with Crippen molar-refractivity contribution in [2.45, 2.75) is 100 Å². The molecule has 0 radical (unpaired) electrons. The third-order valence-electron chi connectivity index (χ3n) is 4.62. The van der Waals surface area contributed by atoms with Crippen LogP contribution in [-0.2, 0) is 0 Å². The normalized spacial score (nSPS) is 16.9. The Bertz CT molecular complexity index is 319. The van der Waals surface area contributed by atoms with Gasteiger partial charge in [-0.25, -0.2) is 0 Å². The highest BCUT2D eigenvalue weighted by Gasteiger charge is 2.32. The lowest BCUT2D eigenvalue weighted by atomic mass is 11.7. The molecule has 0 spiro atoms. The molecule has 0 aliphatic rings. The second kappa shape index (κ2) is 9.12. The lowest BCUT2D eigenvalue weighted by molar-refractivity contribution is 1.45. The maximum Gasteiger partial charge on any atom is 0.0416 e. The van der Waals surface area contributed by atoms with E-state index in [4.69, 9.17) is 0 Å². The highest BCUT2D eigenvalue weighted by Crippen LogP contribution is 2.27. The van der Waals surface area contributed by atoms with E-state index in [-0.39, 0.29) is 8.80 Å². The van der Waals surface area contributed by atoms with Crippen LogP contribution in [0.4, 0.5) is 0 Å². The van der Waals surface area contributed by atoms with Gasteiger partial charge in [-0.3, -0.25) is 0 Å². The number of hydrogen-bond donors (Lipinski definition) is 0. The fraction of sp³-hybridized carbons (Fsp3) is 1.00. The van der Waals surface area contributed by atoms with Crippen LogP contribution in [0.5, 0.6) is 0 Å². The smallest absolute Gasteiger partial charge is 0.0416 e. The summed E-state index contributed by atoms with van der Waals surface area (Å²) in [6.07, 6.45) is 0. The van der Waals surface area contributed by atoms with Gasteiger partial charge in [-0.15, -0.1) is 0 Å². The van der Waals surface area contributed by atoms with Gasteiger partial charge in [0.2, 0.25) is 0 Å². The van der Waals surface area contributed by atoms with Crippen molar-refractivity contribution >= 4 is 50.6 Å². The Morgan fingerprint density at radius 3 is 1.14 bits per heavy atom. The topological polar surface area (TPSA) is 0 Å². The minimum Gasteiger partial charge on any atom is -0.0724 e. The molecule has 0 aromatic rings. The van der Waals surface area contributed by atoms with Gasteiger partial charge < -0.3 is 0 Å². The monoisotopic (exact) mass is 406 g/mol. The van der Waals surface area contributed by atoms with Crippen molar-refractivity contribution in [1.29, 1.82) is 0 Å².